The fourth-order valence-corrected chi connectivity index (χ4v) is 2.45. The molecule has 0 bridgehead atoms. The molecule has 0 saturated carbocycles. The third-order valence-corrected chi connectivity index (χ3v) is 3.88. The molecule has 6 heteroatoms. The van der Waals surface area contributed by atoms with E-state index < -0.39 is 5.91 Å². The lowest BCUT2D eigenvalue weighted by Crippen LogP contribution is -2.25. The van der Waals surface area contributed by atoms with E-state index in [9.17, 15) is 9.18 Å². The maximum atomic E-state index is 11.9. The molecule has 25 heavy (non-hydrogen) atoms. The highest BCUT2D eigenvalue weighted by atomic mass is 35.5. The molecule has 0 saturated heterocycles. The maximum Gasteiger partial charge on any atom is 0.245 e. The molecule has 0 radical (unpaired) electrons. The lowest BCUT2D eigenvalue weighted by molar-refractivity contribution is -0.131. The third kappa shape index (κ3) is 8.63. The molecular formula is C19H23ClFNO3. The Morgan fingerprint density at radius 2 is 1.96 bits per heavy atom. The molecule has 0 fully saturated rings. The molecule has 2 rings (SSSR count). The Morgan fingerprint density at radius 3 is 2.44 bits per heavy atom. The van der Waals surface area contributed by atoms with Crippen LogP contribution in [0.4, 0.5) is 4.39 Å². The topological polar surface area (TPSA) is 58.6 Å². The van der Waals surface area contributed by atoms with Gasteiger partial charge in [0.15, 0.2) is 0 Å². The van der Waals surface area contributed by atoms with Crippen molar-refractivity contribution in [2.24, 2.45) is 0 Å². The SMILES string of the molecule is COC(CCc1ccc(Cl)cc1C)CC(=O)NO.Fc1ccccc1. The van der Waals surface area contributed by atoms with Gasteiger partial charge < -0.3 is 4.74 Å². The number of carbonyl (C=O) groups is 1. The summed E-state index contributed by atoms with van der Waals surface area (Å²) in [5, 5.41) is 9.19. The van der Waals surface area contributed by atoms with Crippen molar-refractivity contribution >= 4 is 17.5 Å². The highest BCUT2D eigenvalue weighted by Gasteiger charge is 2.13. The minimum Gasteiger partial charge on any atom is -0.381 e. The predicted molar refractivity (Wildman–Crippen MR) is 96.3 cm³/mol. The number of nitrogens with one attached hydrogen (secondary N) is 1. The van der Waals surface area contributed by atoms with Crippen LogP contribution >= 0.6 is 11.6 Å². The molecule has 0 spiro atoms. The second-order valence-corrected chi connectivity index (χ2v) is 5.94. The number of ether oxygens (including phenoxy) is 1. The number of aryl methyl sites for hydroxylation is 2. The monoisotopic (exact) mass is 367 g/mol. The summed E-state index contributed by atoms with van der Waals surface area (Å²) in [6, 6.07) is 13.7. The molecule has 2 aromatic carbocycles. The molecule has 0 aliphatic carbocycles. The number of carbonyl (C=O) groups excluding carboxylic acids is 1. The van der Waals surface area contributed by atoms with Gasteiger partial charge in [-0.1, -0.05) is 35.9 Å². The summed E-state index contributed by atoms with van der Waals surface area (Å²) in [5.74, 6) is -0.614. The summed E-state index contributed by atoms with van der Waals surface area (Å²) < 4.78 is 17.1. The maximum absolute atomic E-state index is 11.9. The van der Waals surface area contributed by atoms with Crippen molar-refractivity contribution < 1.29 is 19.1 Å². The zero-order valence-electron chi connectivity index (χ0n) is 14.3. The fraction of sp³-hybridized carbons (Fsp3) is 0.316. The number of hydrogen-bond acceptors (Lipinski definition) is 3. The summed E-state index contributed by atoms with van der Waals surface area (Å²) in [6.07, 6.45) is 1.47. The van der Waals surface area contributed by atoms with E-state index in [-0.39, 0.29) is 18.3 Å². The van der Waals surface area contributed by atoms with Crippen LogP contribution in [0.5, 0.6) is 0 Å². The number of amides is 1. The molecule has 1 atom stereocenters. The number of hydrogen-bond donors (Lipinski definition) is 2. The number of benzene rings is 2. The molecule has 0 aromatic heterocycles. The van der Waals surface area contributed by atoms with E-state index in [1.807, 2.05) is 25.1 Å². The van der Waals surface area contributed by atoms with Gasteiger partial charge in [-0.15, -0.1) is 0 Å². The van der Waals surface area contributed by atoms with Crippen LogP contribution in [0.3, 0.4) is 0 Å². The molecule has 1 unspecified atom stereocenters. The van der Waals surface area contributed by atoms with Gasteiger partial charge in [0, 0.05) is 12.1 Å². The summed E-state index contributed by atoms with van der Waals surface area (Å²) in [6.45, 7) is 2.00. The summed E-state index contributed by atoms with van der Waals surface area (Å²) >= 11 is 5.89. The van der Waals surface area contributed by atoms with Gasteiger partial charge in [-0.25, -0.2) is 9.87 Å². The molecule has 136 valence electrons. The van der Waals surface area contributed by atoms with Gasteiger partial charge >= 0.3 is 0 Å². The van der Waals surface area contributed by atoms with E-state index in [1.165, 1.54) is 17.7 Å². The molecule has 4 nitrogen and oxygen atoms in total. The van der Waals surface area contributed by atoms with Gasteiger partial charge in [0.05, 0.1) is 12.5 Å². The van der Waals surface area contributed by atoms with E-state index in [2.05, 4.69) is 0 Å². The standard InChI is InChI=1S/C13H18ClNO3.C6H5F/c1-9-7-11(14)5-3-10(9)4-6-12(18-2)8-13(16)15-17;7-6-4-2-1-3-5-6/h3,5,7,12,17H,4,6,8H2,1-2H3,(H,15,16);1-5H. The fourth-order valence-electron chi connectivity index (χ4n) is 2.23. The minimum atomic E-state index is -0.435. The van der Waals surface area contributed by atoms with E-state index in [0.717, 1.165) is 17.0 Å². The second-order valence-electron chi connectivity index (χ2n) is 5.50. The van der Waals surface area contributed by atoms with Gasteiger partial charge in [-0.2, -0.15) is 0 Å². The van der Waals surface area contributed by atoms with Gasteiger partial charge in [-0.3, -0.25) is 10.0 Å². The van der Waals surface area contributed by atoms with Crippen molar-refractivity contribution in [3.8, 4) is 0 Å². The van der Waals surface area contributed by atoms with Crippen molar-refractivity contribution in [3.63, 3.8) is 0 Å². The Bertz CT molecular complexity index is 652. The van der Waals surface area contributed by atoms with Crippen LogP contribution < -0.4 is 5.48 Å². The summed E-state index contributed by atoms with van der Waals surface area (Å²) in [4.78, 5) is 11.0. The van der Waals surface area contributed by atoms with Gasteiger partial charge in [-0.05, 0) is 55.2 Å². The van der Waals surface area contributed by atoms with Gasteiger partial charge in [0.25, 0.3) is 0 Å². The lowest BCUT2D eigenvalue weighted by atomic mass is 10.0. The van der Waals surface area contributed by atoms with E-state index >= 15 is 0 Å². The van der Waals surface area contributed by atoms with Crippen LogP contribution in [0, 0.1) is 12.7 Å². The first-order chi connectivity index (χ1) is 12.0. The van der Waals surface area contributed by atoms with Crippen molar-refractivity contribution in [2.75, 3.05) is 7.11 Å². The first-order valence-corrected chi connectivity index (χ1v) is 8.25. The number of rotatable bonds is 6. The van der Waals surface area contributed by atoms with E-state index in [0.29, 0.717) is 6.42 Å². The molecule has 0 aliphatic rings. The first-order valence-electron chi connectivity index (χ1n) is 7.87. The smallest absolute Gasteiger partial charge is 0.245 e. The largest absolute Gasteiger partial charge is 0.381 e. The Kier molecular flexibility index (Phi) is 9.77. The van der Waals surface area contributed by atoms with Crippen molar-refractivity contribution in [1.29, 1.82) is 0 Å². The van der Waals surface area contributed by atoms with Crippen LogP contribution in [-0.4, -0.2) is 24.3 Å². The van der Waals surface area contributed by atoms with E-state index in [4.69, 9.17) is 21.5 Å². The number of hydroxylamine groups is 1. The quantitative estimate of drug-likeness (QED) is 0.590. The summed E-state index contributed by atoms with van der Waals surface area (Å²) in [7, 11) is 1.56. The van der Waals surface area contributed by atoms with Crippen molar-refractivity contribution in [1.82, 2.24) is 5.48 Å². The van der Waals surface area contributed by atoms with Crippen molar-refractivity contribution in [2.45, 2.75) is 32.3 Å². The normalized spacial score (nSPS) is 11.2. The van der Waals surface area contributed by atoms with Crippen LogP contribution in [0.1, 0.15) is 24.0 Å². The predicted octanol–water partition coefficient (Wildman–Crippen LogP) is 4.32. The lowest BCUT2D eigenvalue weighted by Gasteiger charge is -2.14. The number of halogens is 2. The van der Waals surface area contributed by atoms with Gasteiger partial charge in [0.1, 0.15) is 5.82 Å². The molecule has 2 N–H and O–H groups in total. The van der Waals surface area contributed by atoms with E-state index in [1.54, 1.807) is 30.8 Å². The highest BCUT2D eigenvalue weighted by Crippen LogP contribution is 2.18. The molecular weight excluding hydrogens is 345 g/mol. The van der Waals surface area contributed by atoms with Crippen LogP contribution in [0.2, 0.25) is 5.02 Å². The van der Waals surface area contributed by atoms with Crippen LogP contribution in [0.25, 0.3) is 0 Å². The zero-order valence-corrected chi connectivity index (χ0v) is 15.1. The Morgan fingerprint density at radius 1 is 1.28 bits per heavy atom. The highest BCUT2D eigenvalue weighted by molar-refractivity contribution is 6.30. The molecule has 0 heterocycles. The zero-order chi connectivity index (χ0) is 18.7. The molecule has 2 aromatic rings. The van der Waals surface area contributed by atoms with Crippen LogP contribution in [0.15, 0.2) is 48.5 Å². The second kappa shape index (κ2) is 11.6. The first kappa shape index (κ1) is 21.1. The minimum absolute atomic E-state index is 0.152. The Hall–Kier alpha value is -1.95. The van der Waals surface area contributed by atoms with Gasteiger partial charge in [0.2, 0.25) is 5.91 Å². The molecule has 0 aliphatic heterocycles. The Labute approximate surface area is 152 Å². The Balaban J connectivity index is 0.000000370. The average molecular weight is 368 g/mol. The molecule has 1 amide bonds. The van der Waals surface area contributed by atoms with Crippen molar-refractivity contribution in [3.05, 3.63) is 70.5 Å². The average Bonchev–Trinajstić information content (AvgIpc) is 2.60. The third-order valence-electron chi connectivity index (χ3n) is 3.64. The summed E-state index contributed by atoms with van der Waals surface area (Å²) in [5.41, 5.74) is 3.93. The number of methoxy groups -OCH3 is 1. The van der Waals surface area contributed by atoms with Crippen LogP contribution in [-0.2, 0) is 16.0 Å².